The molecular formula is C11H14N2O2. The number of ether oxygens (including phenoxy) is 1. The third-order valence-corrected chi connectivity index (χ3v) is 2.58. The van der Waals surface area contributed by atoms with Crippen LogP contribution in [0.5, 0.6) is 5.75 Å². The summed E-state index contributed by atoms with van der Waals surface area (Å²) in [5, 5.41) is 0. The Bertz CT molecular complexity index is 415. The van der Waals surface area contributed by atoms with E-state index in [0.29, 0.717) is 18.7 Å². The van der Waals surface area contributed by atoms with Crippen LogP contribution in [0.25, 0.3) is 0 Å². The summed E-state index contributed by atoms with van der Waals surface area (Å²) >= 11 is 0. The summed E-state index contributed by atoms with van der Waals surface area (Å²) in [6.07, 6.45) is 0.407. The molecule has 0 unspecified atom stereocenters. The Hall–Kier alpha value is -1.71. The smallest absolute Gasteiger partial charge is 0.230 e. The summed E-state index contributed by atoms with van der Waals surface area (Å²) < 4.78 is 5.56. The van der Waals surface area contributed by atoms with E-state index in [1.165, 1.54) is 0 Å². The lowest BCUT2D eigenvalue weighted by Gasteiger charge is -2.18. The topological polar surface area (TPSA) is 55.6 Å². The average Bonchev–Trinajstić information content (AvgIpc) is 2.30. The molecule has 4 heteroatoms. The minimum Gasteiger partial charge on any atom is -0.491 e. The maximum absolute atomic E-state index is 11.6. The van der Waals surface area contributed by atoms with Crippen LogP contribution in [0.2, 0.25) is 0 Å². The fourth-order valence-electron chi connectivity index (χ4n) is 1.76. The monoisotopic (exact) mass is 206 g/mol. The van der Waals surface area contributed by atoms with Gasteiger partial charge in [0.05, 0.1) is 18.7 Å². The molecule has 0 saturated carbocycles. The molecular weight excluding hydrogens is 192 g/mol. The maximum Gasteiger partial charge on any atom is 0.230 e. The summed E-state index contributed by atoms with van der Waals surface area (Å²) in [6.45, 7) is 2.36. The molecule has 0 bridgehead atoms. The van der Waals surface area contributed by atoms with Crippen LogP contribution in [0.3, 0.4) is 0 Å². The van der Waals surface area contributed by atoms with E-state index in [1.807, 2.05) is 13.0 Å². The third-order valence-electron chi connectivity index (χ3n) is 2.58. The predicted octanol–water partition coefficient (Wildman–Crippen LogP) is 1.32. The standard InChI is InChI=1S/C11H14N2O2/c1-7-5-8(12)6-9-11(7)15-4-3-10(14)13(9)2/h5-6H,3-4,12H2,1-2H3. The van der Waals surface area contributed by atoms with E-state index < -0.39 is 0 Å². The van der Waals surface area contributed by atoms with Crippen molar-refractivity contribution in [2.24, 2.45) is 0 Å². The number of benzene rings is 1. The number of nitrogen functional groups attached to an aromatic ring is 1. The second kappa shape index (κ2) is 3.46. The van der Waals surface area contributed by atoms with Gasteiger partial charge in [0.15, 0.2) is 0 Å². The lowest BCUT2D eigenvalue weighted by molar-refractivity contribution is -0.118. The molecule has 1 heterocycles. The van der Waals surface area contributed by atoms with Gasteiger partial charge in [-0.05, 0) is 24.6 Å². The molecule has 1 aliphatic heterocycles. The van der Waals surface area contributed by atoms with Crippen molar-refractivity contribution in [3.8, 4) is 5.75 Å². The number of carbonyl (C=O) groups excluding carboxylic acids is 1. The zero-order chi connectivity index (χ0) is 11.0. The highest BCUT2D eigenvalue weighted by atomic mass is 16.5. The fourth-order valence-corrected chi connectivity index (χ4v) is 1.76. The lowest BCUT2D eigenvalue weighted by atomic mass is 10.1. The Kier molecular flexibility index (Phi) is 2.26. The molecule has 0 aliphatic carbocycles. The van der Waals surface area contributed by atoms with Gasteiger partial charge in [-0.2, -0.15) is 0 Å². The SMILES string of the molecule is Cc1cc(N)cc2c1OCCC(=O)N2C. The average molecular weight is 206 g/mol. The first-order chi connectivity index (χ1) is 7.09. The Balaban J connectivity index is 2.58. The number of amides is 1. The number of nitrogens with two attached hydrogens (primary N) is 1. The van der Waals surface area contributed by atoms with Crippen LogP contribution in [0.15, 0.2) is 12.1 Å². The number of aryl methyl sites for hydroxylation is 1. The first kappa shape index (κ1) is 9.83. The molecule has 1 aromatic rings. The molecule has 1 amide bonds. The van der Waals surface area contributed by atoms with Gasteiger partial charge in [-0.15, -0.1) is 0 Å². The van der Waals surface area contributed by atoms with Gasteiger partial charge in [0.25, 0.3) is 0 Å². The number of nitrogens with zero attached hydrogens (tertiary/aromatic N) is 1. The molecule has 15 heavy (non-hydrogen) atoms. The van der Waals surface area contributed by atoms with Crippen LogP contribution in [-0.2, 0) is 4.79 Å². The van der Waals surface area contributed by atoms with Crippen molar-refractivity contribution in [3.63, 3.8) is 0 Å². The molecule has 0 saturated heterocycles. The van der Waals surface area contributed by atoms with Crippen LogP contribution < -0.4 is 15.4 Å². The van der Waals surface area contributed by atoms with Gasteiger partial charge in [0.1, 0.15) is 5.75 Å². The number of carbonyl (C=O) groups is 1. The molecule has 0 fully saturated rings. The van der Waals surface area contributed by atoms with Crippen LogP contribution >= 0.6 is 0 Å². The summed E-state index contributed by atoms with van der Waals surface area (Å²) in [5.41, 5.74) is 8.12. The van der Waals surface area contributed by atoms with Crippen molar-refractivity contribution < 1.29 is 9.53 Å². The van der Waals surface area contributed by atoms with Gasteiger partial charge in [-0.25, -0.2) is 0 Å². The first-order valence-corrected chi connectivity index (χ1v) is 4.89. The Labute approximate surface area is 88.6 Å². The van der Waals surface area contributed by atoms with Gasteiger partial charge in [-0.1, -0.05) is 0 Å². The van der Waals surface area contributed by atoms with Crippen LogP contribution in [-0.4, -0.2) is 19.6 Å². The molecule has 0 aromatic heterocycles. The molecule has 0 radical (unpaired) electrons. The van der Waals surface area contributed by atoms with Gasteiger partial charge < -0.3 is 15.4 Å². The van der Waals surface area contributed by atoms with E-state index in [4.69, 9.17) is 10.5 Å². The predicted molar refractivity (Wildman–Crippen MR) is 59.1 cm³/mol. The highest BCUT2D eigenvalue weighted by molar-refractivity contribution is 5.96. The number of anilines is 2. The summed E-state index contributed by atoms with van der Waals surface area (Å²) in [6, 6.07) is 3.62. The van der Waals surface area contributed by atoms with Gasteiger partial charge in [-0.3, -0.25) is 4.79 Å². The van der Waals surface area contributed by atoms with E-state index in [0.717, 1.165) is 17.0 Å². The molecule has 0 atom stereocenters. The molecule has 2 N–H and O–H groups in total. The van der Waals surface area contributed by atoms with E-state index in [9.17, 15) is 4.79 Å². The fraction of sp³-hybridized carbons (Fsp3) is 0.364. The van der Waals surface area contributed by atoms with E-state index in [1.54, 1.807) is 18.0 Å². The van der Waals surface area contributed by atoms with Crippen molar-refractivity contribution in [1.82, 2.24) is 0 Å². The van der Waals surface area contributed by atoms with E-state index in [2.05, 4.69) is 0 Å². The molecule has 80 valence electrons. The van der Waals surface area contributed by atoms with E-state index >= 15 is 0 Å². The number of hydrogen-bond acceptors (Lipinski definition) is 3. The Morgan fingerprint density at radius 2 is 2.20 bits per heavy atom. The first-order valence-electron chi connectivity index (χ1n) is 4.89. The highest BCUT2D eigenvalue weighted by Crippen LogP contribution is 2.35. The normalized spacial score (nSPS) is 15.6. The Morgan fingerprint density at radius 1 is 1.47 bits per heavy atom. The van der Waals surface area contributed by atoms with Crippen molar-refractivity contribution in [3.05, 3.63) is 17.7 Å². The van der Waals surface area contributed by atoms with Gasteiger partial charge in [0.2, 0.25) is 5.91 Å². The zero-order valence-electron chi connectivity index (χ0n) is 8.91. The number of rotatable bonds is 0. The van der Waals surface area contributed by atoms with Crippen LogP contribution in [0, 0.1) is 6.92 Å². The van der Waals surface area contributed by atoms with Gasteiger partial charge >= 0.3 is 0 Å². The van der Waals surface area contributed by atoms with Crippen LogP contribution in [0.1, 0.15) is 12.0 Å². The summed E-state index contributed by atoms with van der Waals surface area (Å²) in [4.78, 5) is 13.2. The molecule has 0 spiro atoms. The van der Waals surface area contributed by atoms with Crippen molar-refractivity contribution >= 4 is 17.3 Å². The maximum atomic E-state index is 11.6. The molecule has 4 nitrogen and oxygen atoms in total. The summed E-state index contributed by atoms with van der Waals surface area (Å²) in [7, 11) is 1.74. The summed E-state index contributed by atoms with van der Waals surface area (Å²) in [5.74, 6) is 0.816. The van der Waals surface area contributed by atoms with Gasteiger partial charge in [0, 0.05) is 12.7 Å². The second-order valence-corrected chi connectivity index (χ2v) is 3.74. The molecule has 1 aliphatic rings. The van der Waals surface area contributed by atoms with Crippen molar-refractivity contribution in [2.45, 2.75) is 13.3 Å². The Morgan fingerprint density at radius 3 is 2.93 bits per heavy atom. The molecule has 1 aromatic carbocycles. The number of fused-ring (bicyclic) bond motifs is 1. The lowest BCUT2D eigenvalue weighted by Crippen LogP contribution is -2.25. The second-order valence-electron chi connectivity index (χ2n) is 3.74. The number of hydrogen-bond donors (Lipinski definition) is 1. The molecule has 2 rings (SSSR count). The minimum absolute atomic E-state index is 0.0544. The highest BCUT2D eigenvalue weighted by Gasteiger charge is 2.21. The van der Waals surface area contributed by atoms with Crippen molar-refractivity contribution in [1.29, 1.82) is 0 Å². The zero-order valence-corrected chi connectivity index (χ0v) is 8.91. The van der Waals surface area contributed by atoms with E-state index in [-0.39, 0.29) is 5.91 Å². The third kappa shape index (κ3) is 1.63. The minimum atomic E-state index is 0.0544. The van der Waals surface area contributed by atoms with Crippen LogP contribution in [0.4, 0.5) is 11.4 Å². The largest absolute Gasteiger partial charge is 0.491 e. The quantitative estimate of drug-likeness (QED) is 0.651. The van der Waals surface area contributed by atoms with Crippen molar-refractivity contribution in [2.75, 3.05) is 24.3 Å².